The molecular formula is C23H28Cl2N2O4. The molecule has 5 N–H and O–H groups in total. The van der Waals surface area contributed by atoms with E-state index in [4.69, 9.17) is 11.6 Å². The molecule has 2 unspecified atom stereocenters. The number of rotatable bonds is 5. The van der Waals surface area contributed by atoms with Crippen molar-refractivity contribution in [2.24, 2.45) is 5.92 Å². The van der Waals surface area contributed by atoms with Gasteiger partial charge in [0.1, 0.15) is 5.75 Å². The van der Waals surface area contributed by atoms with E-state index < -0.39 is 0 Å². The van der Waals surface area contributed by atoms with Crippen molar-refractivity contribution in [3.05, 3.63) is 57.6 Å². The zero-order valence-corrected chi connectivity index (χ0v) is 18.9. The van der Waals surface area contributed by atoms with Gasteiger partial charge in [-0.3, -0.25) is 9.59 Å². The molecule has 0 saturated heterocycles. The molecule has 0 spiro atoms. The number of nitrogens with one attached hydrogen (secondary N) is 2. The van der Waals surface area contributed by atoms with E-state index in [0.29, 0.717) is 23.6 Å². The van der Waals surface area contributed by atoms with Gasteiger partial charge in [0.15, 0.2) is 5.78 Å². The topological polar surface area (TPSA) is 110 Å². The van der Waals surface area contributed by atoms with E-state index in [1.165, 1.54) is 0 Å². The standard InChI is InChI=1S/C23H25ClN2O3.ClH.H2O/c1-13(25-11-10-14-2-5-16(27)6-3-14)17-7-4-15-12-19(24)22-18(21(15)23(17)29)8-9-20(28)26-22;;/h2-3,5-6,12-13,17,25,27H,4,7-11H2,1H3,(H,26,28);1H;1H2. The van der Waals surface area contributed by atoms with Gasteiger partial charge in [0.05, 0.1) is 10.7 Å². The molecule has 1 aliphatic heterocycles. The first-order valence-electron chi connectivity index (χ1n) is 10.1. The summed E-state index contributed by atoms with van der Waals surface area (Å²) in [5.41, 5.74) is 4.43. The monoisotopic (exact) mass is 466 g/mol. The number of aromatic hydroxyl groups is 1. The number of phenolic OH excluding ortho intramolecular Hbond substituents is 1. The summed E-state index contributed by atoms with van der Waals surface area (Å²) >= 11 is 6.37. The van der Waals surface area contributed by atoms with Crippen LogP contribution in [0.5, 0.6) is 5.75 Å². The van der Waals surface area contributed by atoms with E-state index in [2.05, 4.69) is 17.6 Å². The van der Waals surface area contributed by atoms with E-state index in [-0.39, 0.29) is 47.3 Å². The van der Waals surface area contributed by atoms with Crippen molar-refractivity contribution in [1.29, 1.82) is 0 Å². The van der Waals surface area contributed by atoms with Gasteiger partial charge in [0, 0.05) is 23.9 Å². The number of carbonyl (C=O) groups is 2. The Hall–Kier alpha value is -2.12. The summed E-state index contributed by atoms with van der Waals surface area (Å²) in [5, 5.41) is 16.2. The first-order valence-corrected chi connectivity index (χ1v) is 10.5. The van der Waals surface area contributed by atoms with Gasteiger partial charge in [-0.1, -0.05) is 23.7 Å². The van der Waals surface area contributed by atoms with Crippen LogP contribution in [0.4, 0.5) is 5.69 Å². The minimum absolute atomic E-state index is 0. The molecule has 0 saturated carbocycles. The highest BCUT2D eigenvalue weighted by molar-refractivity contribution is 6.34. The van der Waals surface area contributed by atoms with E-state index in [1.54, 1.807) is 12.1 Å². The molecule has 6 nitrogen and oxygen atoms in total. The first kappa shape index (κ1) is 25.1. The van der Waals surface area contributed by atoms with E-state index in [0.717, 1.165) is 48.1 Å². The maximum absolute atomic E-state index is 13.4. The number of ketones is 1. The maximum atomic E-state index is 13.4. The molecule has 31 heavy (non-hydrogen) atoms. The molecule has 4 rings (SSSR count). The Labute approximate surface area is 193 Å². The highest BCUT2D eigenvalue weighted by atomic mass is 35.5. The van der Waals surface area contributed by atoms with Crippen LogP contribution in [0.25, 0.3) is 0 Å². The van der Waals surface area contributed by atoms with Crippen molar-refractivity contribution in [1.82, 2.24) is 5.32 Å². The van der Waals surface area contributed by atoms with Crippen molar-refractivity contribution in [2.75, 3.05) is 11.9 Å². The summed E-state index contributed by atoms with van der Waals surface area (Å²) in [6.45, 7) is 2.83. The van der Waals surface area contributed by atoms with E-state index >= 15 is 0 Å². The van der Waals surface area contributed by atoms with Crippen LogP contribution in [0.2, 0.25) is 5.02 Å². The summed E-state index contributed by atoms with van der Waals surface area (Å²) < 4.78 is 0. The predicted octanol–water partition coefficient (Wildman–Crippen LogP) is 3.49. The SMILES string of the molecule is CC(NCCc1ccc(O)cc1)C1CCc2cc(Cl)c3c(c2C1=O)CCC(=O)N3.Cl.O. The molecule has 0 bridgehead atoms. The number of carbonyl (C=O) groups excluding carboxylic acids is 2. The first-order chi connectivity index (χ1) is 13.9. The lowest BCUT2D eigenvalue weighted by Gasteiger charge is -2.32. The minimum Gasteiger partial charge on any atom is -0.508 e. The highest BCUT2D eigenvalue weighted by Crippen LogP contribution is 2.40. The number of benzene rings is 2. The number of phenols is 1. The fourth-order valence-corrected chi connectivity index (χ4v) is 4.74. The molecular weight excluding hydrogens is 439 g/mol. The van der Waals surface area contributed by atoms with Crippen LogP contribution in [0.15, 0.2) is 30.3 Å². The second kappa shape index (κ2) is 10.5. The smallest absolute Gasteiger partial charge is 0.224 e. The van der Waals surface area contributed by atoms with Crippen molar-refractivity contribution in [3.63, 3.8) is 0 Å². The molecule has 2 aliphatic rings. The zero-order chi connectivity index (χ0) is 20.5. The second-order valence-corrected chi connectivity index (χ2v) is 8.37. The Balaban J connectivity index is 0.00000171. The number of aryl methyl sites for hydroxylation is 1. The number of halogens is 2. The van der Waals surface area contributed by atoms with Crippen LogP contribution in [0.3, 0.4) is 0 Å². The third kappa shape index (κ3) is 5.21. The molecule has 1 aliphatic carbocycles. The average molecular weight is 467 g/mol. The van der Waals surface area contributed by atoms with Gasteiger partial charge >= 0.3 is 0 Å². The van der Waals surface area contributed by atoms with Crippen molar-refractivity contribution < 1.29 is 20.2 Å². The fourth-order valence-electron chi connectivity index (χ4n) is 4.44. The van der Waals surface area contributed by atoms with E-state index in [1.807, 2.05) is 18.2 Å². The molecule has 2 aromatic carbocycles. The number of hydrogen-bond acceptors (Lipinski definition) is 4. The summed E-state index contributed by atoms with van der Waals surface area (Å²) in [6, 6.07) is 9.10. The second-order valence-electron chi connectivity index (χ2n) is 7.96. The van der Waals surface area contributed by atoms with Gasteiger partial charge in [-0.05, 0) is 74.0 Å². The molecule has 0 aromatic heterocycles. The molecule has 1 heterocycles. The van der Waals surface area contributed by atoms with Crippen LogP contribution < -0.4 is 10.6 Å². The Bertz CT molecular complexity index is 963. The summed E-state index contributed by atoms with van der Waals surface area (Å²) in [5.74, 6) is 0.273. The van der Waals surface area contributed by atoms with Crippen molar-refractivity contribution in [3.8, 4) is 5.75 Å². The normalized spacial score (nSPS) is 18.1. The lowest BCUT2D eigenvalue weighted by Crippen LogP contribution is -2.41. The van der Waals surface area contributed by atoms with Crippen LogP contribution in [0, 0.1) is 5.92 Å². The van der Waals surface area contributed by atoms with Gasteiger partial charge < -0.3 is 21.2 Å². The summed E-state index contributed by atoms with van der Waals surface area (Å²) in [6.07, 6.45) is 3.39. The zero-order valence-electron chi connectivity index (χ0n) is 17.3. The van der Waals surface area contributed by atoms with Crippen LogP contribution in [0.1, 0.15) is 46.8 Å². The van der Waals surface area contributed by atoms with Gasteiger partial charge in [0.2, 0.25) is 5.91 Å². The number of anilines is 1. The molecule has 0 fully saturated rings. The van der Waals surface area contributed by atoms with Crippen molar-refractivity contribution in [2.45, 2.75) is 45.1 Å². The Morgan fingerprint density at radius 2 is 1.90 bits per heavy atom. The van der Waals surface area contributed by atoms with Crippen LogP contribution in [-0.2, 0) is 24.1 Å². The third-order valence-electron chi connectivity index (χ3n) is 6.06. The van der Waals surface area contributed by atoms with Gasteiger partial charge in [-0.25, -0.2) is 0 Å². The van der Waals surface area contributed by atoms with Gasteiger partial charge in [0.25, 0.3) is 0 Å². The molecule has 8 heteroatoms. The molecule has 1 amide bonds. The molecule has 2 aromatic rings. The lowest BCUT2D eigenvalue weighted by atomic mass is 9.76. The fraction of sp³-hybridized carbons (Fsp3) is 0.391. The minimum atomic E-state index is -0.0924. The largest absolute Gasteiger partial charge is 0.508 e. The predicted molar refractivity (Wildman–Crippen MR) is 125 cm³/mol. The number of fused-ring (bicyclic) bond motifs is 3. The van der Waals surface area contributed by atoms with Crippen LogP contribution in [-0.4, -0.2) is 34.9 Å². The highest BCUT2D eigenvalue weighted by Gasteiger charge is 2.35. The molecule has 168 valence electrons. The van der Waals surface area contributed by atoms with Crippen molar-refractivity contribution >= 4 is 41.4 Å². The Kier molecular flexibility index (Phi) is 8.49. The summed E-state index contributed by atoms with van der Waals surface area (Å²) in [4.78, 5) is 25.1. The number of amides is 1. The van der Waals surface area contributed by atoms with Gasteiger partial charge in [-0.2, -0.15) is 0 Å². The summed E-state index contributed by atoms with van der Waals surface area (Å²) in [7, 11) is 0. The third-order valence-corrected chi connectivity index (χ3v) is 6.36. The Morgan fingerprint density at radius 1 is 1.19 bits per heavy atom. The Morgan fingerprint density at radius 3 is 2.61 bits per heavy atom. The van der Waals surface area contributed by atoms with Crippen LogP contribution >= 0.6 is 24.0 Å². The average Bonchev–Trinajstić information content (AvgIpc) is 2.70. The maximum Gasteiger partial charge on any atom is 0.224 e. The van der Waals surface area contributed by atoms with Gasteiger partial charge in [-0.15, -0.1) is 12.4 Å². The number of hydrogen-bond donors (Lipinski definition) is 3. The lowest BCUT2D eigenvalue weighted by molar-refractivity contribution is -0.116. The molecule has 0 radical (unpaired) electrons. The van der Waals surface area contributed by atoms with E-state index in [9.17, 15) is 14.7 Å². The quantitative estimate of drug-likeness (QED) is 0.625. The molecule has 2 atom stereocenters. The number of Topliss-reactive ketones (excluding diaryl/α,β-unsaturated/α-hetero) is 1.